The third kappa shape index (κ3) is 2.34. The number of anilines is 1. The molecule has 1 atom stereocenters. The number of pyridine rings is 2. The summed E-state index contributed by atoms with van der Waals surface area (Å²) in [6.45, 7) is 2.26. The van der Waals surface area contributed by atoms with Crippen LogP contribution in [-0.2, 0) is 16.8 Å². The van der Waals surface area contributed by atoms with Gasteiger partial charge in [0.2, 0.25) is 5.91 Å². The number of methoxy groups -OCH3 is 1. The van der Waals surface area contributed by atoms with Crippen LogP contribution in [0.5, 0.6) is 5.75 Å². The molecule has 2 aliphatic heterocycles. The van der Waals surface area contributed by atoms with E-state index in [4.69, 9.17) is 4.74 Å². The van der Waals surface area contributed by atoms with E-state index in [1.807, 2.05) is 24.3 Å². The molecule has 1 fully saturated rings. The number of fused-ring (bicyclic) bond motifs is 2. The van der Waals surface area contributed by atoms with Gasteiger partial charge in [-0.1, -0.05) is 0 Å². The lowest BCUT2D eigenvalue weighted by Gasteiger charge is -2.38. The van der Waals surface area contributed by atoms with Gasteiger partial charge in [0.05, 0.1) is 24.2 Å². The zero-order valence-electron chi connectivity index (χ0n) is 13.7. The van der Waals surface area contributed by atoms with Gasteiger partial charge in [-0.3, -0.25) is 19.7 Å². The van der Waals surface area contributed by atoms with E-state index in [2.05, 4.69) is 20.2 Å². The number of carbonyl (C=O) groups is 1. The van der Waals surface area contributed by atoms with Crippen LogP contribution in [0, 0.1) is 0 Å². The molecule has 124 valence electrons. The fraction of sp³-hybridized carbons (Fsp3) is 0.389. The summed E-state index contributed by atoms with van der Waals surface area (Å²) in [6, 6.07) is 7.57. The number of nitrogens with one attached hydrogen (secondary N) is 1. The molecule has 1 amide bonds. The molecule has 2 aromatic rings. The minimum atomic E-state index is -0.545. The largest absolute Gasteiger partial charge is 0.495 e. The fourth-order valence-electron chi connectivity index (χ4n) is 3.83. The number of ether oxygens (including phenoxy) is 1. The number of likely N-dealkylation sites (tertiary alicyclic amines) is 1. The number of amides is 1. The van der Waals surface area contributed by atoms with Crippen LogP contribution >= 0.6 is 0 Å². The van der Waals surface area contributed by atoms with Gasteiger partial charge in [-0.25, -0.2) is 0 Å². The highest BCUT2D eigenvalue weighted by molar-refractivity contribution is 6.05. The summed E-state index contributed by atoms with van der Waals surface area (Å²) in [4.78, 5) is 23.9. The van der Waals surface area contributed by atoms with Gasteiger partial charge in [-0.15, -0.1) is 0 Å². The SMILES string of the molecule is COc1cccnc1CN1CCCC2(C1)C(=O)Nc1cccnc12. The molecule has 1 N–H and O–H groups in total. The van der Waals surface area contributed by atoms with Gasteiger partial charge in [0.1, 0.15) is 11.2 Å². The van der Waals surface area contributed by atoms with Crippen LogP contribution in [-0.4, -0.2) is 41.0 Å². The van der Waals surface area contributed by atoms with Crippen LogP contribution in [0.25, 0.3) is 0 Å². The van der Waals surface area contributed by atoms with Crippen molar-refractivity contribution in [2.24, 2.45) is 0 Å². The van der Waals surface area contributed by atoms with Crippen molar-refractivity contribution in [2.45, 2.75) is 24.8 Å². The second-order valence-electron chi connectivity index (χ2n) is 6.40. The van der Waals surface area contributed by atoms with E-state index in [0.717, 1.165) is 42.2 Å². The minimum Gasteiger partial charge on any atom is -0.495 e. The van der Waals surface area contributed by atoms with Crippen LogP contribution in [0.2, 0.25) is 0 Å². The lowest BCUT2D eigenvalue weighted by molar-refractivity contribution is -0.123. The van der Waals surface area contributed by atoms with Crippen LogP contribution in [0.4, 0.5) is 5.69 Å². The number of hydrogen-bond acceptors (Lipinski definition) is 5. The predicted octanol–water partition coefficient (Wildman–Crippen LogP) is 1.97. The third-order valence-electron chi connectivity index (χ3n) is 4.96. The van der Waals surface area contributed by atoms with Crippen molar-refractivity contribution in [3.05, 3.63) is 48.0 Å². The molecule has 0 aromatic carbocycles. The van der Waals surface area contributed by atoms with Crippen molar-refractivity contribution in [2.75, 3.05) is 25.5 Å². The summed E-state index contributed by atoms with van der Waals surface area (Å²) in [5.41, 5.74) is 2.08. The molecule has 0 bridgehead atoms. The van der Waals surface area contributed by atoms with E-state index in [0.29, 0.717) is 13.1 Å². The smallest absolute Gasteiger partial charge is 0.238 e. The van der Waals surface area contributed by atoms with Crippen molar-refractivity contribution in [1.29, 1.82) is 0 Å². The first-order chi connectivity index (χ1) is 11.7. The van der Waals surface area contributed by atoms with E-state index in [1.165, 1.54) is 0 Å². The zero-order valence-corrected chi connectivity index (χ0v) is 13.7. The van der Waals surface area contributed by atoms with Gasteiger partial charge in [-0.2, -0.15) is 0 Å². The number of aromatic nitrogens is 2. The molecule has 1 unspecified atom stereocenters. The van der Waals surface area contributed by atoms with Crippen LogP contribution in [0.1, 0.15) is 24.2 Å². The lowest BCUT2D eigenvalue weighted by atomic mass is 9.77. The summed E-state index contributed by atoms with van der Waals surface area (Å²) < 4.78 is 5.40. The van der Waals surface area contributed by atoms with E-state index in [1.54, 1.807) is 19.5 Å². The summed E-state index contributed by atoms with van der Waals surface area (Å²) in [7, 11) is 1.66. The van der Waals surface area contributed by atoms with Crippen molar-refractivity contribution in [1.82, 2.24) is 14.9 Å². The minimum absolute atomic E-state index is 0.0638. The van der Waals surface area contributed by atoms with E-state index < -0.39 is 5.41 Å². The molecule has 6 heteroatoms. The molecule has 1 saturated heterocycles. The molecule has 0 radical (unpaired) electrons. The fourth-order valence-corrected chi connectivity index (χ4v) is 3.83. The molecular formula is C18H20N4O2. The highest BCUT2D eigenvalue weighted by Crippen LogP contribution is 2.42. The van der Waals surface area contributed by atoms with Crippen molar-refractivity contribution < 1.29 is 9.53 Å². The predicted molar refractivity (Wildman–Crippen MR) is 89.8 cm³/mol. The van der Waals surface area contributed by atoms with Crippen LogP contribution in [0.15, 0.2) is 36.7 Å². The first kappa shape index (κ1) is 15.1. The maximum atomic E-state index is 12.7. The highest BCUT2D eigenvalue weighted by atomic mass is 16.5. The summed E-state index contributed by atoms with van der Waals surface area (Å²) in [5, 5.41) is 3.00. The Labute approximate surface area is 140 Å². The monoisotopic (exact) mass is 324 g/mol. The lowest BCUT2D eigenvalue weighted by Crippen LogP contribution is -2.50. The first-order valence-corrected chi connectivity index (χ1v) is 8.20. The van der Waals surface area contributed by atoms with Gasteiger partial charge in [-0.05, 0) is 43.7 Å². The van der Waals surface area contributed by atoms with Gasteiger partial charge >= 0.3 is 0 Å². The molecule has 2 aliphatic rings. The van der Waals surface area contributed by atoms with Crippen LogP contribution < -0.4 is 10.1 Å². The Kier molecular flexibility index (Phi) is 3.69. The number of rotatable bonds is 3. The van der Waals surface area contributed by atoms with E-state index in [-0.39, 0.29) is 5.91 Å². The Bertz CT molecular complexity index is 779. The van der Waals surface area contributed by atoms with Gasteiger partial charge in [0.25, 0.3) is 0 Å². The third-order valence-corrected chi connectivity index (χ3v) is 4.96. The summed E-state index contributed by atoms with van der Waals surface area (Å²) in [6.07, 6.45) is 5.33. The highest BCUT2D eigenvalue weighted by Gasteiger charge is 2.50. The van der Waals surface area contributed by atoms with Gasteiger partial charge < -0.3 is 10.1 Å². The molecular weight excluding hydrogens is 304 g/mol. The van der Waals surface area contributed by atoms with E-state index >= 15 is 0 Å². The Morgan fingerprint density at radius 2 is 2.12 bits per heavy atom. The molecule has 4 heterocycles. The van der Waals surface area contributed by atoms with E-state index in [9.17, 15) is 4.79 Å². The summed E-state index contributed by atoms with van der Waals surface area (Å²) >= 11 is 0. The van der Waals surface area contributed by atoms with Gasteiger partial charge in [0.15, 0.2) is 0 Å². The molecule has 24 heavy (non-hydrogen) atoms. The molecule has 4 rings (SSSR count). The Hall–Kier alpha value is -2.47. The van der Waals surface area contributed by atoms with Crippen molar-refractivity contribution in [3.8, 4) is 5.75 Å². The first-order valence-electron chi connectivity index (χ1n) is 8.20. The molecule has 2 aromatic heterocycles. The molecule has 6 nitrogen and oxygen atoms in total. The molecule has 0 aliphatic carbocycles. The average molecular weight is 324 g/mol. The van der Waals surface area contributed by atoms with Crippen molar-refractivity contribution in [3.63, 3.8) is 0 Å². The number of hydrogen-bond donors (Lipinski definition) is 1. The Morgan fingerprint density at radius 1 is 1.29 bits per heavy atom. The normalized spacial score (nSPS) is 23.1. The Morgan fingerprint density at radius 3 is 3.00 bits per heavy atom. The summed E-state index contributed by atoms with van der Waals surface area (Å²) in [5.74, 6) is 0.848. The molecule has 0 saturated carbocycles. The van der Waals surface area contributed by atoms with Crippen molar-refractivity contribution >= 4 is 11.6 Å². The second-order valence-corrected chi connectivity index (χ2v) is 6.40. The zero-order chi connectivity index (χ0) is 16.6. The number of piperidine rings is 1. The Balaban J connectivity index is 1.62. The van der Waals surface area contributed by atoms with Gasteiger partial charge in [0, 0.05) is 25.5 Å². The number of nitrogens with zero attached hydrogens (tertiary/aromatic N) is 3. The second kappa shape index (κ2) is 5.87. The topological polar surface area (TPSA) is 67.3 Å². The maximum Gasteiger partial charge on any atom is 0.238 e. The average Bonchev–Trinajstić information content (AvgIpc) is 2.87. The van der Waals surface area contributed by atoms with Crippen LogP contribution in [0.3, 0.4) is 0 Å². The quantitative estimate of drug-likeness (QED) is 0.935. The number of carbonyl (C=O) groups excluding carboxylic acids is 1. The molecule has 1 spiro atoms. The standard InChI is InChI=1S/C18H20N4O2/c1-24-15-6-3-8-19-14(15)11-22-10-4-7-18(12-22)16-13(21-17(18)23)5-2-9-20-16/h2-3,5-6,8-9H,4,7,10-12H2,1H3,(H,21,23). The maximum absolute atomic E-state index is 12.7.